The Morgan fingerprint density at radius 3 is 2.40 bits per heavy atom. The first-order valence-corrected chi connectivity index (χ1v) is 7.79. The number of alkyl halides is 1. The molecule has 2 aromatic rings. The van der Waals surface area contributed by atoms with E-state index in [0.717, 1.165) is 22.9 Å². The quantitative estimate of drug-likeness (QED) is 0.831. The fourth-order valence-corrected chi connectivity index (χ4v) is 2.52. The van der Waals surface area contributed by atoms with E-state index in [0.29, 0.717) is 0 Å². The first kappa shape index (κ1) is 14.8. The van der Waals surface area contributed by atoms with Crippen LogP contribution in [0.25, 0.3) is 0 Å². The number of nitrogens with one attached hydrogen (secondary N) is 1. The third kappa shape index (κ3) is 3.94. The Bertz CT molecular complexity index is 568. The van der Waals surface area contributed by atoms with Crippen molar-refractivity contribution >= 4 is 21.8 Å². The van der Waals surface area contributed by atoms with Crippen molar-refractivity contribution in [1.29, 1.82) is 0 Å². The number of amides is 1. The van der Waals surface area contributed by atoms with Crippen LogP contribution in [-0.2, 0) is 6.42 Å². The summed E-state index contributed by atoms with van der Waals surface area (Å²) in [6.45, 7) is 1.95. The Kier molecular flexibility index (Phi) is 5.36. The number of rotatable bonds is 5. The molecule has 1 amide bonds. The van der Waals surface area contributed by atoms with Crippen LogP contribution in [0.3, 0.4) is 0 Å². The Balaban J connectivity index is 2.03. The van der Waals surface area contributed by atoms with Crippen LogP contribution in [-0.4, -0.2) is 17.3 Å². The van der Waals surface area contributed by atoms with E-state index < -0.39 is 0 Å². The largest absolute Gasteiger partial charge is 0.348 e. The molecule has 1 N–H and O–H groups in total. The van der Waals surface area contributed by atoms with Crippen molar-refractivity contribution in [2.24, 2.45) is 0 Å². The molecule has 2 aromatic carbocycles. The molecule has 1 unspecified atom stereocenters. The van der Waals surface area contributed by atoms with Gasteiger partial charge in [0.25, 0.3) is 5.91 Å². The standard InChI is InChI=1S/C17H18BrNO/c1-13-7-5-6-10-16(13)17(20)19-15(12-18)11-14-8-3-2-4-9-14/h2-10,15H,11-12H2,1H3,(H,19,20). The van der Waals surface area contributed by atoms with Gasteiger partial charge in [-0.15, -0.1) is 0 Å². The molecule has 0 aromatic heterocycles. The van der Waals surface area contributed by atoms with Gasteiger partial charge in [0.1, 0.15) is 0 Å². The predicted molar refractivity (Wildman–Crippen MR) is 86.4 cm³/mol. The lowest BCUT2D eigenvalue weighted by Crippen LogP contribution is -2.38. The van der Waals surface area contributed by atoms with Crippen molar-refractivity contribution in [3.05, 3.63) is 71.3 Å². The van der Waals surface area contributed by atoms with Gasteiger partial charge in [0.05, 0.1) is 0 Å². The molecule has 20 heavy (non-hydrogen) atoms. The minimum Gasteiger partial charge on any atom is -0.348 e. The number of halogens is 1. The van der Waals surface area contributed by atoms with Crippen LogP contribution in [0, 0.1) is 6.92 Å². The maximum Gasteiger partial charge on any atom is 0.251 e. The maximum absolute atomic E-state index is 12.3. The van der Waals surface area contributed by atoms with E-state index in [4.69, 9.17) is 0 Å². The second-order valence-corrected chi connectivity index (χ2v) is 5.48. The number of hydrogen-bond donors (Lipinski definition) is 1. The zero-order chi connectivity index (χ0) is 14.4. The zero-order valence-electron chi connectivity index (χ0n) is 11.5. The summed E-state index contributed by atoms with van der Waals surface area (Å²) in [6, 6.07) is 17.9. The molecule has 2 nitrogen and oxygen atoms in total. The molecule has 0 bridgehead atoms. The van der Waals surface area contributed by atoms with Crippen LogP contribution in [0.1, 0.15) is 21.5 Å². The van der Waals surface area contributed by atoms with Gasteiger partial charge in [-0.25, -0.2) is 0 Å². The van der Waals surface area contributed by atoms with Crippen LogP contribution in [0.5, 0.6) is 0 Å². The van der Waals surface area contributed by atoms with E-state index in [1.807, 2.05) is 49.4 Å². The smallest absolute Gasteiger partial charge is 0.251 e. The molecule has 0 radical (unpaired) electrons. The lowest BCUT2D eigenvalue weighted by Gasteiger charge is -2.17. The minimum absolute atomic E-state index is 0.0107. The third-order valence-electron chi connectivity index (χ3n) is 3.24. The summed E-state index contributed by atoms with van der Waals surface area (Å²) in [4.78, 5) is 12.3. The van der Waals surface area contributed by atoms with Gasteiger partial charge in [-0.05, 0) is 30.5 Å². The van der Waals surface area contributed by atoms with E-state index in [-0.39, 0.29) is 11.9 Å². The molecule has 1 atom stereocenters. The minimum atomic E-state index is -0.0107. The van der Waals surface area contributed by atoms with E-state index in [9.17, 15) is 4.79 Å². The Morgan fingerprint density at radius 2 is 1.75 bits per heavy atom. The molecule has 3 heteroatoms. The molecule has 104 valence electrons. The third-order valence-corrected chi connectivity index (χ3v) is 4.02. The average molecular weight is 332 g/mol. The van der Waals surface area contributed by atoms with E-state index in [1.54, 1.807) is 0 Å². The molecule has 0 saturated carbocycles. The predicted octanol–water partition coefficient (Wildman–Crippen LogP) is 3.73. The monoisotopic (exact) mass is 331 g/mol. The van der Waals surface area contributed by atoms with E-state index in [1.165, 1.54) is 5.56 Å². The number of benzene rings is 2. The molecule has 0 fully saturated rings. The molecule has 0 heterocycles. The average Bonchev–Trinajstić information content (AvgIpc) is 2.48. The van der Waals surface area contributed by atoms with Crippen molar-refractivity contribution in [3.63, 3.8) is 0 Å². The second kappa shape index (κ2) is 7.25. The lowest BCUT2D eigenvalue weighted by atomic mass is 10.1. The van der Waals surface area contributed by atoms with Gasteiger partial charge >= 0.3 is 0 Å². The Morgan fingerprint density at radius 1 is 1.10 bits per heavy atom. The van der Waals surface area contributed by atoms with Gasteiger partial charge in [-0.1, -0.05) is 64.5 Å². The van der Waals surface area contributed by atoms with E-state index >= 15 is 0 Å². The fraction of sp³-hybridized carbons (Fsp3) is 0.235. The highest BCUT2D eigenvalue weighted by atomic mass is 79.9. The highest BCUT2D eigenvalue weighted by Gasteiger charge is 2.14. The maximum atomic E-state index is 12.3. The summed E-state index contributed by atoms with van der Waals surface area (Å²) in [7, 11) is 0. The lowest BCUT2D eigenvalue weighted by molar-refractivity contribution is 0.0940. The highest BCUT2D eigenvalue weighted by Crippen LogP contribution is 2.09. The SMILES string of the molecule is Cc1ccccc1C(=O)NC(CBr)Cc1ccccc1. The van der Waals surface area contributed by atoms with Crippen LogP contribution >= 0.6 is 15.9 Å². The molecular weight excluding hydrogens is 314 g/mol. The van der Waals surface area contributed by atoms with Gasteiger partial charge in [0, 0.05) is 16.9 Å². The van der Waals surface area contributed by atoms with Crippen molar-refractivity contribution in [2.45, 2.75) is 19.4 Å². The highest BCUT2D eigenvalue weighted by molar-refractivity contribution is 9.09. The number of aryl methyl sites for hydroxylation is 1. The molecule has 0 spiro atoms. The van der Waals surface area contributed by atoms with Crippen molar-refractivity contribution in [3.8, 4) is 0 Å². The molecule has 0 aliphatic heterocycles. The van der Waals surface area contributed by atoms with E-state index in [2.05, 4.69) is 33.4 Å². The number of hydrogen-bond acceptors (Lipinski definition) is 1. The van der Waals surface area contributed by atoms with Gasteiger partial charge < -0.3 is 5.32 Å². The number of carbonyl (C=O) groups is 1. The normalized spacial score (nSPS) is 11.9. The first-order chi connectivity index (χ1) is 9.70. The molecule has 0 aliphatic carbocycles. The van der Waals surface area contributed by atoms with Gasteiger partial charge in [-0.3, -0.25) is 4.79 Å². The van der Waals surface area contributed by atoms with Gasteiger partial charge in [-0.2, -0.15) is 0 Å². The Labute approximate surface area is 128 Å². The summed E-state index contributed by atoms with van der Waals surface area (Å²) in [6.07, 6.45) is 0.823. The van der Waals surface area contributed by atoms with Crippen LogP contribution in [0.4, 0.5) is 0 Å². The Hall–Kier alpha value is -1.61. The molecular formula is C17H18BrNO. The van der Waals surface area contributed by atoms with Gasteiger partial charge in [0.15, 0.2) is 0 Å². The van der Waals surface area contributed by atoms with Gasteiger partial charge in [0.2, 0.25) is 0 Å². The molecule has 0 aliphatic rings. The van der Waals surface area contributed by atoms with Crippen LogP contribution in [0.2, 0.25) is 0 Å². The van der Waals surface area contributed by atoms with Crippen molar-refractivity contribution in [2.75, 3.05) is 5.33 Å². The summed E-state index contributed by atoms with van der Waals surface area (Å²) >= 11 is 3.48. The summed E-state index contributed by atoms with van der Waals surface area (Å²) in [5.74, 6) is -0.0107. The van der Waals surface area contributed by atoms with Crippen LogP contribution in [0.15, 0.2) is 54.6 Å². The summed E-state index contributed by atoms with van der Waals surface area (Å²) in [5, 5.41) is 3.82. The van der Waals surface area contributed by atoms with Crippen molar-refractivity contribution in [1.82, 2.24) is 5.32 Å². The summed E-state index contributed by atoms with van der Waals surface area (Å²) in [5.41, 5.74) is 2.96. The first-order valence-electron chi connectivity index (χ1n) is 6.67. The number of carbonyl (C=O) groups excluding carboxylic acids is 1. The van der Waals surface area contributed by atoms with Crippen LogP contribution < -0.4 is 5.32 Å². The van der Waals surface area contributed by atoms with Crippen molar-refractivity contribution < 1.29 is 4.79 Å². The molecule has 0 saturated heterocycles. The topological polar surface area (TPSA) is 29.1 Å². The zero-order valence-corrected chi connectivity index (χ0v) is 13.1. The molecule has 2 rings (SSSR count). The summed E-state index contributed by atoms with van der Waals surface area (Å²) < 4.78 is 0. The fourth-order valence-electron chi connectivity index (χ4n) is 2.13. The second-order valence-electron chi connectivity index (χ2n) is 4.83.